The molecular formula is C26H25F4N5O2. The summed E-state index contributed by atoms with van der Waals surface area (Å²) in [6.07, 6.45) is 3.34. The molecule has 4 rings (SSSR count). The summed E-state index contributed by atoms with van der Waals surface area (Å²) in [5.41, 5.74) is 1.94. The van der Waals surface area contributed by atoms with Gasteiger partial charge in [-0.3, -0.25) is 9.78 Å². The molecule has 4 aromatic rings. The lowest BCUT2D eigenvalue weighted by Crippen LogP contribution is -2.44. The molecule has 0 fully saturated rings. The minimum absolute atomic E-state index is 0.0627. The molecule has 0 spiro atoms. The van der Waals surface area contributed by atoms with Gasteiger partial charge in [-0.15, -0.1) is 5.10 Å². The number of pyridine rings is 1. The molecule has 1 N–H and O–H groups in total. The molecule has 37 heavy (non-hydrogen) atoms. The lowest BCUT2D eigenvalue weighted by atomic mass is 9.85. The molecule has 0 radical (unpaired) electrons. The van der Waals surface area contributed by atoms with Crippen LogP contribution in [0.5, 0.6) is 5.75 Å². The highest BCUT2D eigenvalue weighted by atomic mass is 19.2. The Kier molecular flexibility index (Phi) is 7.53. The van der Waals surface area contributed by atoms with Crippen molar-refractivity contribution in [2.75, 3.05) is 6.61 Å². The average molecular weight is 516 g/mol. The highest BCUT2D eigenvalue weighted by Gasteiger charge is 2.33. The van der Waals surface area contributed by atoms with E-state index in [0.29, 0.717) is 12.2 Å². The number of aromatic nitrogens is 4. The first kappa shape index (κ1) is 26.2. The fraction of sp³-hybridized carbons (Fsp3) is 0.308. The molecule has 7 nitrogen and oxygen atoms in total. The number of hydrogen-bond donors (Lipinski definition) is 1. The van der Waals surface area contributed by atoms with E-state index in [1.807, 2.05) is 45.0 Å². The summed E-state index contributed by atoms with van der Waals surface area (Å²) in [7, 11) is 0. The molecule has 0 unspecified atom stereocenters. The maximum absolute atomic E-state index is 13.7. The van der Waals surface area contributed by atoms with E-state index in [-0.39, 0.29) is 18.5 Å². The number of halogens is 4. The summed E-state index contributed by atoms with van der Waals surface area (Å²) < 4.78 is 60.2. The van der Waals surface area contributed by atoms with Crippen molar-refractivity contribution in [3.05, 3.63) is 83.3 Å². The van der Waals surface area contributed by atoms with Crippen LogP contribution in [0.4, 0.5) is 17.6 Å². The number of nitrogens with zero attached hydrogens (tertiary/aromatic N) is 4. The Morgan fingerprint density at radius 3 is 2.54 bits per heavy atom. The molecule has 11 heteroatoms. The van der Waals surface area contributed by atoms with Crippen molar-refractivity contribution in [1.29, 1.82) is 0 Å². The zero-order valence-corrected chi connectivity index (χ0v) is 20.4. The smallest absolute Gasteiger partial charge is 0.203 e. The summed E-state index contributed by atoms with van der Waals surface area (Å²) >= 11 is 0. The number of benzene rings is 2. The molecule has 0 amide bonds. The van der Waals surface area contributed by atoms with Gasteiger partial charge in [-0.1, -0.05) is 31.2 Å². The van der Waals surface area contributed by atoms with Crippen LogP contribution in [0.1, 0.15) is 32.0 Å². The monoisotopic (exact) mass is 515 g/mol. The third-order valence-corrected chi connectivity index (χ3v) is 6.34. The number of nitrogens with one attached hydrogen (secondary N) is 1. The molecule has 0 saturated heterocycles. The van der Waals surface area contributed by atoms with Crippen molar-refractivity contribution in [2.24, 2.45) is 5.92 Å². The summed E-state index contributed by atoms with van der Waals surface area (Å²) in [5, 5.41) is 12.8. The van der Waals surface area contributed by atoms with E-state index in [1.54, 1.807) is 12.4 Å². The minimum atomic E-state index is -1.71. The number of ketones is 1. The average Bonchev–Trinajstić information content (AvgIpc) is 3.34. The van der Waals surface area contributed by atoms with Crippen LogP contribution in [0.3, 0.4) is 0 Å². The summed E-state index contributed by atoms with van der Waals surface area (Å²) in [6.45, 7) is 5.43. The van der Waals surface area contributed by atoms with Crippen LogP contribution in [0, 0.1) is 29.2 Å². The van der Waals surface area contributed by atoms with Crippen LogP contribution in [-0.4, -0.2) is 32.4 Å². The van der Waals surface area contributed by atoms with E-state index in [4.69, 9.17) is 4.74 Å². The van der Waals surface area contributed by atoms with E-state index in [9.17, 15) is 22.4 Å². The second-order valence-electron chi connectivity index (χ2n) is 9.17. The van der Waals surface area contributed by atoms with Crippen molar-refractivity contribution in [3.8, 4) is 5.75 Å². The van der Waals surface area contributed by atoms with E-state index < -0.39 is 46.9 Å². The van der Waals surface area contributed by atoms with E-state index in [1.165, 1.54) is 4.68 Å². The van der Waals surface area contributed by atoms with Gasteiger partial charge in [0.15, 0.2) is 23.2 Å². The van der Waals surface area contributed by atoms with Gasteiger partial charge in [0.05, 0.1) is 17.3 Å². The first-order chi connectivity index (χ1) is 17.6. The SMILES string of the molecule is CC(C)[C@](C)(NCc1ccc2ncccc2c1)c1cn(CC(=O)COc2c(F)c(F)cc(F)c2F)nn1. The van der Waals surface area contributed by atoms with Gasteiger partial charge in [-0.2, -0.15) is 8.78 Å². The zero-order valence-electron chi connectivity index (χ0n) is 20.4. The molecule has 1 atom stereocenters. The molecule has 0 saturated carbocycles. The Morgan fingerprint density at radius 2 is 1.84 bits per heavy atom. The lowest BCUT2D eigenvalue weighted by Gasteiger charge is -2.33. The number of carbonyl (C=O) groups is 1. The minimum Gasteiger partial charge on any atom is -0.479 e. The first-order valence-electron chi connectivity index (χ1n) is 11.5. The molecule has 2 heterocycles. The molecule has 0 aliphatic carbocycles. The lowest BCUT2D eigenvalue weighted by molar-refractivity contribution is -0.121. The van der Waals surface area contributed by atoms with Crippen molar-refractivity contribution in [2.45, 2.75) is 39.4 Å². The van der Waals surface area contributed by atoms with Gasteiger partial charge in [-0.25, -0.2) is 13.5 Å². The Hall–Kier alpha value is -3.86. The predicted molar refractivity (Wildman–Crippen MR) is 128 cm³/mol. The maximum atomic E-state index is 13.7. The molecule has 194 valence electrons. The second kappa shape index (κ2) is 10.6. The fourth-order valence-electron chi connectivity index (χ4n) is 3.78. The number of Topliss-reactive ketones (excluding diaryl/α,β-unsaturated/α-hetero) is 1. The van der Waals surface area contributed by atoms with Crippen molar-refractivity contribution in [3.63, 3.8) is 0 Å². The zero-order chi connectivity index (χ0) is 26.7. The third kappa shape index (κ3) is 5.61. The van der Waals surface area contributed by atoms with Crippen LogP contribution in [0.2, 0.25) is 0 Å². The molecule has 0 aliphatic heterocycles. The van der Waals surface area contributed by atoms with Crippen LogP contribution in [-0.2, 0) is 23.4 Å². The summed E-state index contributed by atoms with van der Waals surface area (Å²) in [4.78, 5) is 16.7. The van der Waals surface area contributed by atoms with Gasteiger partial charge in [0.1, 0.15) is 18.8 Å². The topological polar surface area (TPSA) is 81.9 Å². The largest absolute Gasteiger partial charge is 0.479 e. The predicted octanol–water partition coefficient (Wildman–Crippen LogP) is 4.69. The molecule has 0 bridgehead atoms. The fourth-order valence-corrected chi connectivity index (χ4v) is 3.78. The molecular weight excluding hydrogens is 490 g/mol. The second-order valence-corrected chi connectivity index (χ2v) is 9.17. The Morgan fingerprint density at radius 1 is 1.11 bits per heavy atom. The van der Waals surface area contributed by atoms with Crippen LogP contribution >= 0.6 is 0 Å². The van der Waals surface area contributed by atoms with Crippen molar-refractivity contribution < 1.29 is 27.1 Å². The Bertz CT molecular complexity index is 1420. The van der Waals surface area contributed by atoms with E-state index >= 15 is 0 Å². The number of hydrogen-bond acceptors (Lipinski definition) is 6. The number of fused-ring (bicyclic) bond motifs is 1. The van der Waals surface area contributed by atoms with Crippen molar-refractivity contribution in [1.82, 2.24) is 25.3 Å². The normalized spacial score (nSPS) is 13.2. The van der Waals surface area contributed by atoms with Crippen LogP contribution < -0.4 is 10.1 Å². The van der Waals surface area contributed by atoms with E-state index in [2.05, 4.69) is 26.7 Å². The number of rotatable bonds is 10. The Balaban J connectivity index is 1.42. The summed E-state index contributed by atoms with van der Waals surface area (Å²) in [6, 6.07) is 9.95. The molecule has 2 aromatic heterocycles. The van der Waals surface area contributed by atoms with Crippen molar-refractivity contribution >= 4 is 16.7 Å². The van der Waals surface area contributed by atoms with Gasteiger partial charge in [0, 0.05) is 24.2 Å². The summed E-state index contributed by atoms with van der Waals surface area (Å²) in [5.74, 6) is -8.50. The molecule has 0 aliphatic rings. The van der Waals surface area contributed by atoms with Crippen LogP contribution in [0.25, 0.3) is 10.9 Å². The quantitative estimate of drug-likeness (QED) is 0.244. The first-order valence-corrected chi connectivity index (χ1v) is 11.5. The highest BCUT2D eigenvalue weighted by molar-refractivity contribution is 5.80. The number of carbonyl (C=O) groups excluding carboxylic acids is 1. The number of ether oxygens (including phenoxy) is 1. The third-order valence-electron chi connectivity index (χ3n) is 6.34. The standard InChI is InChI=1S/C26H25F4N5O2/c1-15(2)26(3,32-11-16-6-7-21-17(9-16)5-4-8-31-21)22-13-35(34-33-22)12-18(36)14-37-25-23(29)19(27)10-20(28)24(25)30/h4-10,13,15,32H,11-12,14H2,1-3H3/t26-/m0/s1. The van der Waals surface area contributed by atoms with E-state index in [0.717, 1.165) is 16.5 Å². The maximum Gasteiger partial charge on any atom is 0.203 e. The van der Waals surface area contributed by atoms with Gasteiger partial charge in [-0.05, 0) is 36.6 Å². The van der Waals surface area contributed by atoms with Gasteiger partial charge in [0.2, 0.25) is 11.6 Å². The Labute approximate surface area is 210 Å². The molecule has 2 aromatic carbocycles. The van der Waals surface area contributed by atoms with Crippen LogP contribution in [0.15, 0.2) is 48.8 Å². The highest BCUT2D eigenvalue weighted by Crippen LogP contribution is 2.29. The van der Waals surface area contributed by atoms with Gasteiger partial charge < -0.3 is 10.1 Å². The van der Waals surface area contributed by atoms with Gasteiger partial charge >= 0.3 is 0 Å². The van der Waals surface area contributed by atoms with Gasteiger partial charge in [0.25, 0.3) is 0 Å².